The number of rotatable bonds is 7. The zero-order chi connectivity index (χ0) is 14.2. The lowest BCUT2D eigenvalue weighted by Gasteiger charge is -2.03. The molecule has 0 spiro atoms. The molecule has 0 saturated carbocycles. The molecule has 0 atom stereocenters. The number of halogens is 2. The van der Waals surface area contributed by atoms with Crippen LogP contribution >= 0.6 is 23.2 Å². The Balaban J connectivity index is 1.60. The number of benzene rings is 2. The number of hydrogen-bond acceptors (Lipinski definition) is 0. The second kappa shape index (κ2) is 8.28. The zero-order valence-corrected chi connectivity index (χ0v) is 12.9. The van der Waals surface area contributed by atoms with E-state index in [9.17, 15) is 0 Å². The molecule has 4 N–H and O–H groups in total. The van der Waals surface area contributed by atoms with Crippen molar-refractivity contribution in [2.24, 2.45) is 0 Å². The van der Waals surface area contributed by atoms with Crippen molar-refractivity contribution < 1.29 is 10.6 Å². The Morgan fingerprint density at radius 3 is 1.55 bits per heavy atom. The van der Waals surface area contributed by atoms with Crippen molar-refractivity contribution in [3.05, 3.63) is 69.7 Å². The molecular formula is C16H20Cl2N2+2. The molecule has 106 valence electrons. The van der Waals surface area contributed by atoms with Gasteiger partial charge in [0.2, 0.25) is 0 Å². The molecule has 2 aromatic rings. The first-order valence-electron chi connectivity index (χ1n) is 6.86. The van der Waals surface area contributed by atoms with E-state index in [4.69, 9.17) is 23.2 Å². The van der Waals surface area contributed by atoms with Gasteiger partial charge in [0.1, 0.15) is 26.2 Å². The molecule has 0 fully saturated rings. The van der Waals surface area contributed by atoms with Gasteiger partial charge in [0.25, 0.3) is 0 Å². The molecule has 20 heavy (non-hydrogen) atoms. The predicted octanol–water partition coefficient (Wildman–Crippen LogP) is 1.82. The summed E-state index contributed by atoms with van der Waals surface area (Å²) in [5, 5.41) is 6.23. The second-order valence-electron chi connectivity index (χ2n) is 4.82. The van der Waals surface area contributed by atoms with Crippen molar-refractivity contribution in [1.29, 1.82) is 0 Å². The van der Waals surface area contributed by atoms with Gasteiger partial charge in [0.05, 0.1) is 0 Å². The van der Waals surface area contributed by atoms with E-state index >= 15 is 0 Å². The average molecular weight is 311 g/mol. The molecule has 0 radical (unpaired) electrons. The quantitative estimate of drug-likeness (QED) is 0.732. The monoisotopic (exact) mass is 310 g/mol. The van der Waals surface area contributed by atoms with E-state index in [1.54, 1.807) is 0 Å². The first-order valence-corrected chi connectivity index (χ1v) is 7.62. The van der Waals surface area contributed by atoms with Gasteiger partial charge >= 0.3 is 0 Å². The van der Waals surface area contributed by atoms with Crippen LogP contribution in [0.1, 0.15) is 11.1 Å². The van der Waals surface area contributed by atoms with Crippen molar-refractivity contribution in [2.75, 3.05) is 13.1 Å². The van der Waals surface area contributed by atoms with Crippen LogP contribution in [0.15, 0.2) is 48.5 Å². The molecule has 0 bridgehead atoms. The minimum Gasteiger partial charge on any atom is -0.338 e. The molecular weight excluding hydrogens is 291 g/mol. The summed E-state index contributed by atoms with van der Waals surface area (Å²) in [5.41, 5.74) is 2.54. The summed E-state index contributed by atoms with van der Waals surface area (Å²) in [6, 6.07) is 16.1. The molecule has 0 amide bonds. The van der Waals surface area contributed by atoms with E-state index in [-0.39, 0.29) is 0 Å². The van der Waals surface area contributed by atoms with Gasteiger partial charge in [-0.2, -0.15) is 0 Å². The third kappa shape index (κ3) is 5.51. The molecule has 2 nitrogen and oxygen atoms in total. The molecule has 0 aliphatic carbocycles. The van der Waals surface area contributed by atoms with Crippen LogP contribution in [0.3, 0.4) is 0 Å². The minimum absolute atomic E-state index is 0.809. The fraction of sp³-hybridized carbons (Fsp3) is 0.250. The van der Waals surface area contributed by atoms with Gasteiger partial charge in [-0.3, -0.25) is 0 Å². The Labute approximate surface area is 130 Å². The lowest BCUT2D eigenvalue weighted by molar-refractivity contribution is -0.738. The first-order chi connectivity index (χ1) is 9.74. The largest absolute Gasteiger partial charge is 0.338 e. The standard InChI is InChI=1S/C16H18Cl2N2/c17-15-5-1-3-13(9-15)11-19-7-8-20-12-14-4-2-6-16(18)10-14/h1-6,9-10,19-20H,7-8,11-12H2/p+2. The van der Waals surface area contributed by atoms with E-state index in [1.165, 1.54) is 11.1 Å². The second-order valence-corrected chi connectivity index (χ2v) is 5.70. The molecule has 2 rings (SSSR count). The molecule has 0 saturated heterocycles. The summed E-state index contributed by atoms with van der Waals surface area (Å²) in [6.45, 7) is 4.14. The lowest BCUT2D eigenvalue weighted by atomic mass is 10.2. The first kappa shape index (κ1) is 15.3. The predicted molar refractivity (Wildman–Crippen MR) is 83.9 cm³/mol. The maximum Gasteiger partial charge on any atom is 0.125 e. The summed E-state index contributed by atoms with van der Waals surface area (Å²) in [7, 11) is 0. The topological polar surface area (TPSA) is 33.2 Å². The summed E-state index contributed by atoms with van der Waals surface area (Å²) < 4.78 is 0. The maximum atomic E-state index is 5.96. The Morgan fingerprint density at radius 1 is 0.700 bits per heavy atom. The van der Waals surface area contributed by atoms with Crippen LogP contribution in [0.25, 0.3) is 0 Å². The average Bonchev–Trinajstić information content (AvgIpc) is 2.43. The highest BCUT2D eigenvalue weighted by molar-refractivity contribution is 6.30. The summed E-state index contributed by atoms with van der Waals surface area (Å²) in [5.74, 6) is 0. The molecule has 0 aromatic heterocycles. The number of nitrogens with two attached hydrogens (primary N) is 2. The van der Waals surface area contributed by atoms with Crippen molar-refractivity contribution in [2.45, 2.75) is 13.1 Å². The normalized spacial score (nSPS) is 10.7. The van der Waals surface area contributed by atoms with Gasteiger partial charge in [-0.25, -0.2) is 0 Å². The van der Waals surface area contributed by atoms with Crippen LogP contribution < -0.4 is 10.6 Å². The van der Waals surface area contributed by atoms with Crippen LogP contribution in [0.5, 0.6) is 0 Å². The van der Waals surface area contributed by atoms with E-state index in [2.05, 4.69) is 22.8 Å². The smallest absolute Gasteiger partial charge is 0.125 e. The molecule has 0 unspecified atom stereocenters. The van der Waals surface area contributed by atoms with E-state index in [0.29, 0.717) is 0 Å². The van der Waals surface area contributed by atoms with Crippen LogP contribution in [-0.2, 0) is 13.1 Å². The summed E-state index contributed by atoms with van der Waals surface area (Å²) in [6.07, 6.45) is 0. The van der Waals surface area contributed by atoms with Gasteiger partial charge in [-0.15, -0.1) is 0 Å². The summed E-state index contributed by atoms with van der Waals surface area (Å²) >= 11 is 11.9. The fourth-order valence-corrected chi connectivity index (χ4v) is 2.53. The minimum atomic E-state index is 0.809. The van der Waals surface area contributed by atoms with E-state index < -0.39 is 0 Å². The molecule has 4 heteroatoms. The van der Waals surface area contributed by atoms with Gasteiger partial charge in [-0.1, -0.05) is 47.5 Å². The van der Waals surface area contributed by atoms with Crippen LogP contribution in [-0.4, -0.2) is 13.1 Å². The van der Waals surface area contributed by atoms with Gasteiger partial charge in [0, 0.05) is 21.2 Å². The lowest BCUT2D eigenvalue weighted by Crippen LogP contribution is -2.93. The highest BCUT2D eigenvalue weighted by Gasteiger charge is 1.99. The van der Waals surface area contributed by atoms with Crippen molar-refractivity contribution in [3.63, 3.8) is 0 Å². The van der Waals surface area contributed by atoms with Gasteiger partial charge in [0.15, 0.2) is 0 Å². The molecule has 0 aliphatic rings. The van der Waals surface area contributed by atoms with Crippen LogP contribution in [0.2, 0.25) is 10.0 Å². The molecule has 0 aliphatic heterocycles. The Kier molecular flexibility index (Phi) is 6.34. The third-order valence-electron chi connectivity index (χ3n) is 3.11. The Hall–Kier alpha value is -1.06. The number of hydrogen-bond donors (Lipinski definition) is 2. The molecule has 2 aromatic carbocycles. The van der Waals surface area contributed by atoms with Crippen molar-refractivity contribution in [1.82, 2.24) is 0 Å². The van der Waals surface area contributed by atoms with E-state index in [1.807, 2.05) is 36.4 Å². The van der Waals surface area contributed by atoms with Gasteiger partial charge in [-0.05, 0) is 24.3 Å². The third-order valence-corrected chi connectivity index (χ3v) is 3.58. The highest BCUT2D eigenvalue weighted by Crippen LogP contribution is 2.09. The highest BCUT2D eigenvalue weighted by atomic mass is 35.5. The maximum absolute atomic E-state index is 5.96. The van der Waals surface area contributed by atoms with Crippen LogP contribution in [0.4, 0.5) is 0 Å². The Bertz CT molecular complexity index is 494. The summed E-state index contributed by atoms with van der Waals surface area (Å²) in [4.78, 5) is 0. The van der Waals surface area contributed by atoms with E-state index in [0.717, 1.165) is 36.2 Å². The number of quaternary nitrogens is 2. The molecule has 0 heterocycles. The van der Waals surface area contributed by atoms with Gasteiger partial charge < -0.3 is 10.6 Å². The SMILES string of the molecule is Clc1cccc(C[NH2+]CC[NH2+]Cc2cccc(Cl)c2)c1. The van der Waals surface area contributed by atoms with Crippen molar-refractivity contribution >= 4 is 23.2 Å². The van der Waals surface area contributed by atoms with Crippen molar-refractivity contribution in [3.8, 4) is 0 Å². The Morgan fingerprint density at radius 2 is 1.15 bits per heavy atom. The van der Waals surface area contributed by atoms with Crippen LogP contribution in [0, 0.1) is 0 Å². The fourth-order valence-electron chi connectivity index (χ4n) is 2.10. The zero-order valence-electron chi connectivity index (χ0n) is 11.4.